The van der Waals surface area contributed by atoms with Crippen LogP contribution in [-0.4, -0.2) is 42.3 Å². The van der Waals surface area contributed by atoms with Crippen molar-refractivity contribution < 1.29 is 35.1 Å². The monoisotopic (exact) mass is 923 g/mol. The van der Waals surface area contributed by atoms with Crippen molar-refractivity contribution in [1.29, 1.82) is 0 Å². The van der Waals surface area contributed by atoms with Gasteiger partial charge in [-0.15, -0.1) is 35.2 Å². The van der Waals surface area contributed by atoms with Crippen LogP contribution in [0.15, 0.2) is 128 Å². The average molecular weight is 924 g/mol. The third-order valence-corrected chi connectivity index (χ3v) is 11.4. The predicted molar refractivity (Wildman–Crippen MR) is 220 cm³/mol. The van der Waals surface area contributed by atoms with Gasteiger partial charge in [-0.25, -0.2) is 4.98 Å². The van der Waals surface area contributed by atoms with Crippen molar-refractivity contribution in [3.8, 4) is 34.5 Å². The molecule has 0 atom stereocenters. The molecule has 5 heterocycles. The molecule has 0 saturated heterocycles. The van der Waals surface area contributed by atoms with E-state index in [0.717, 1.165) is 89.5 Å². The molecule has 0 N–H and O–H groups in total. The van der Waals surface area contributed by atoms with Crippen LogP contribution >= 0.6 is 0 Å². The fourth-order valence-corrected chi connectivity index (χ4v) is 8.88. The summed E-state index contributed by atoms with van der Waals surface area (Å²) in [5.74, 6) is 3.62. The van der Waals surface area contributed by atoms with Crippen LogP contribution in [0.1, 0.15) is 22.3 Å². The minimum atomic E-state index is -0.755. The second-order valence-electron chi connectivity index (χ2n) is 15.0. The van der Waals surface area contributed by atoms with Gasteiger partial charge in [0.25, 0.3) is 0 Å². The van der Waals surface area contributed by atoms with Crippen molar-refractivity contribution in [2.24, 2.45) is 7.05 Å². The van der Waals surface area contributed by atoms with Gasteiger partial charge in [0.05, 0.1) is 18.1 Å². The van der Waals surface area contributed by atoms with E-state index in [1.54, 1.807) is 0 Å². The van der Waals surface area contributed by atoms with E-state index in [1.165, 1.54) is 0 Å². The van der Waals surface area contributed by atoms with Gasteiger partial charge >= 0.3 is 0 Å². The first kappa shape index (κ1) is 35.1. The van der Waals surface area contributed by atoms with Gasteiger partial charge in [-0.2, -0.15) is 12.1 Å². The van der Waals surface area contributed by atoms with Crippen LogP contribution in [0, 0.1) is 18.5 Å². The van der Waals surface area contributed by atoms with E-state index in [2.05, 4.69) is 161 Å². The number of imidazole rings is 1. The second-order valence-corrected chi connectivity index (χ2v) is 15.0. The number of hydrogen-bond acceptors (Lipinski definition) is 5. The summed E-state index contributed by atoms with van der Waals surface area (Å²) >= 11 is 0. The zero-order valence-electron chi connectivity index (χ0n) is 31.9. The van der Waals surface area contributed by atoms with Crippen molar-refractivity contribution >= 4 is 44.2 Å². The smallest absolute Gasteiger partial charge is 0.242 e. The molecule has 6 aromatic carbocycles. The summed E-state index contributed by atoms with van der Waals surface area (Å²) in [6.45, 7) is 0. The number of nitrogens with zero attached hydrogens (tertiary/aromatic N) is 6. The minimum Gasteiger partial charge on any atom is -0.510 e. The van der Waals surface area contributed by atoms with Gasteiger partial charge in [0.1, 0.15) is 17.3 Å². The molecule has 0 aliphatic carbocycles. The summed E-state index contributed by atoms with van der Waals surface area (Å²) < 4.78 is 19.9. The van der Waals surface area contributed by atoms with Gasteiger partial charge in [0.2, 0.25) is 6.33 Å². The zero-order valence-corrected chi connectivity index (χ0v) is 34.2. The SMILES string of the molecule is CN(C)c1ccc2c(c1)C1(c3ccc(Oc4[c-]c5c(cc4)c4ccccc4n5-c4ccccn4)[c-]c3-n3[c-][n+](C)c4cccc1c43)c1cc(N(C)C)ccc1O2.[Pt]. The van der Waals surface area contributed by atoms with Crippen molar-refractivity contribution in [1.82, 2.24) is 14.1 Å². The quantitative estimate of drug-likeness (QED) is 0.128. The fourth-order valence-electron chi connectivity index (χ4n) is 8.88. The first-order valence-corrected chi connectivity index (χ1v) is 18.7. The van der Waals surface area contributed by atoms with Crippen LogP contribution in [-0.2, 0) is 33.5 Å². The van der Waals surface area contributed by atoms with Crippen LogP contribution in [0.3, 0.4) is 0 Å². The van der Waals surface area contributed by atoms with Gasteiger partial charge in [-0.3, -0.25) is 0 Å². The molecular formula is C48H36N6O2Pt-2. The number of anilines is 2. The molecule has 2 aliphatic heterocycles. The standard InChI is InChI=1S/C48H36N6O2.Pt/c1-50(2)30-16-22-44-38(25-30)48(39-26-31(51(3)4)17-23-45(39)56-44)36-21-19-33(28-43(36)53-29-52(5)41-14-10-12-37(48)47(41)53)55-32-18-20-35-34-11-6-7-13-40(34)54(42(35)27-32)46-15-8-9-24-49-46;/h6-26H,1-5H3;/q-2;. The molecule has 57 heavy (non-hydrogen) atoms. The third kappa shape index (κ3) is 4.96. The Labute approximate surface area is 345 Å². The maximum absolute atomic E-state index is 6.78. The molecule has 0 bridgehead atoms. The molecule has 2 aliphatic rings. The second kappa shape index (κ2) is 12.8. The molecule has 3 aromatic heterocycles. The largest absolute Gasteiger partial charge is 0.510 e. The summed E-state index contributed by atoms with van der Waals surface area (Å²) in [6, 6.07) is 49.6. The van der Waals surface area contributed by atoms with Crippen LogP contribution in [0.4, 0.5) is 11.4 Å². The number of hydrogen-bond donors (Lipinski definition) is 0. The van der Waals surface area contributed by atoms with E-state index in [9.17, 15) is 0 Å². The predicted octanol–water partition coefficient (Wildman–Crippen LogP) is 9.07. The molecule has 11 rings (SSSR count). The maximum atomic E-state index is 6.78. The van der Waals surface area contributed by atoms with Gasteiger partial charge in [-0.1, -0.05) is 53.7 Å². The molecule has 0 amide bonds. The molecule has 0 fully saturated rings. The third-order valence-electron chi connectivity index (χ3n) is 11.4. The summed E-state index contributed by atoms with van der Waals surface area (Å²) in [7, 11) is 10.4. The fraction of sp³-hybridized carbons (Fsp3) is 0.125. The number of fused-ring (bicyclic) bond motifs is 11. The van der Waals surface area contributed by atoms with E-state index in [-0.39, 0.29) is 21.1 Å². The van der Waals surface area contributed by atoms with Gasteiger partial charge in [-0.05, 0) is 65.5 Å². The Bertz CT molecular complexity index is 3020. The molecule has 0 unspecified atom stereocenters. The molecule has 0 saturated carbocycles. The number of pyridine rings is 1. The molecule has 282 valence electrons. The van der Waals surface area contributed by atoms with E-state index in [4.69, 9.17) is 14.5 Å². The number of aromatic nitrogens is 4. The van der Waals surface area contributed by atoms with Crippen LogP contribution < -0.4 is 23.8 Å². The molecule has 9 aromatic rings. The van der Waals surface area contributed by atoms with Crippen LogP contribution in [0.2, 0.25) is 0 Å². The van der Waals surface area contributed by atoms with Crippen LogP contribution in [0.5, 0.6) is 23.0 Å². The van der Waals surface area contributed by atoms with Gasteiger partial charge in [0, 0.05) is 100 Å². The number of aryl methyl sites for hydroxylation is 1. The number of ether oxygens (including phenoxy) is 2. The molecule has 0 radical (unpaired) electrons. The summed E-state index contributed by atoms with van der Waals surface area (Å²) in [4.78, 5) is 8.99. The van der Waals surface area contributed by atoms with E-state index >= 15 is 0 Å². The van der Waals surface area contributed by atoms with Gasteiger partial charge in [0.15, 0.2) is 0 Å². The Balaban J connectivity index is 0.00000396. The minimum absolute atomic E-state index is 0. The van der Waals surface area contributed by atoms with Crippen molar-refractivity contribution in [2.75, 3.05) is 38.0 Å². The number of para-hydroxylation sites is 2. The number of rotatable bonds is 5. The molecule has 9 heteroatoms. The zero-order chi connectivity index (χ0) is 37.9. The Morgan fingerprint density at radius 3 is 2.11 bits per heavy atom. The van der Waals surface area contributed by atoms with E-state index in [0.29, 0.717) is 11.5 Å². The summed E-state index contributed by atoms with van der Waals surface area (Å²) in [6.07, 6.45) is 5.43. The topological polar surface area (TPSA) is 51.6 Å². The first-order chi connectivity index (χ1) is 27.3. The van der Waals surface area contributed by atoms with Crippen molar-refractivity contribution in [3.05, 3.63) is 168 Å². The molecule has 1 spiro atoms. The first-order valence-electron chi connectivity index (χ1n) is 18.7. The molecule has 8 nitrogen and oxygen atoms in total. The summed E-state index contributed by atoms with van der Waals surface area (Å²) in [5, 5.41) is 2.21. The Hall–Kier alpha value is -6.37. The Kier molecular flexibility index (Phi) is 7.90. The van der Waals surface area contributed by atoms with E-state index in [1.807, 2.05) is 43.6 Å². The van der Waals surface area contributed by atoms with Crippen LogP contribution in [0.25, 0.3) is 44.3 Å². The maximum Gasteiger partial charge on any atom is 0.242 e. The average Bonchev–Trinajstić information content (AvgIpc) is 3.74. The van der Waals surface area contributed by atoms with Gasteiger partial charge < -0.3 is 33.0 Å². The van der Waals surface area contributed by atoms with Crippen molar-refractivity contribution in [3.63, 3.8) is 0 Å². The summed E-state index contributed by atoms with van der Waals surface area (Å²) in [5.41, 5.74) is 10.7. The van der Waals surface area contributed by atoms with E-state index < -0.39 is 5.41 Å². The Morgan fingerprint density at radius 1 is 0.684 bits per heavy atom. The normalized spacial score (nSPS) is 13.1. The van der Waals surface area contributed by atoms with Crippen molar-refractivity contribution in [2.45, 2.75) is 5.41 Å². The Morgan fingerprint density at radius 2 is 1.39 bits per heavy atom. The number of benzene rings is 6. The molecular weight excluding hydrogens is 888 g/mol.